The predicted molar refractivity (Wildman–Crippen MR) is 222 cm³/mol. The van der Waals surface area contributed by atoms with Crippen LogP contribution in [0.15, 0.2) is 36.4 Å². The number of carbonyl (C=O) groups is 6. The van der Waals surface area contributed by atoms with Crippen molar-refractivity contribution in [2.75, 3.05) is 99.5 Å². The van der Waals surface area contributed by atoms with E-state index < -0.39 is 17.9 Å². The molecule has 1 atom stereocenters. The highest BCUT2D eigenvalue weighted by Crippen LogP contribution is 2.19. The topological polar surface area (TPSA) is 246 Å². The Balaban J connectivity index is 1.20. The minimum Gasteiger partial charge on any atom is -0.494 e. The molecule has 2 N–H and O–H groups in total. The molecule has 1 aliphatic rings. The number of nitrogens with zero attached hydrogens (tertiary/aromatic N) is 5. The third-order valence-electron chi connectivity index (χ3n) is 9.01. The molecule has 1 aromatic heterocycles. The molecule has 4 amide bonds. The zero-order chi connectivity index (χ0) is 44.6. The monoisotopic (exact) mass is 871 g/mol. The van der Waals surface area contributed by atoms with Crippen LogP contribution in [0.3, 0.4) is 0 Å². The normalized spacial score (nSPS) is 12.8. The van der Waals surface area contributed by atoms with E-state index in [1.807, 2.05) is 24.3 Å². The third-order valence-corrected chi connectivity index (χ3v) is 9.01. The minimum atomic E-state index is -0.793. The van der Waals surface area contributed by atoms with Crippen molar-refractivity contribution in [1.82, 2.24) is 35.9 Å². The fraction of sp³-hybridized carbons (Fsp3) is 0.619. The van der Waals surface area contributed by atoms with Gasteiger partial charge in [0.25, 0.3) is 11.8 Å². The lowest BCUT2D eigenvalue weighted by molar-refractivity contribution is -0.137. The van der Waals surface area contributed by atoms with Gasteiger partial charge in [0.05, 0.1) is 78.7 Å². The van der Waals surface area contributed by atoms with Gasteiger partial charge in [-0.3, -0.25) is 33.7 Å². The van der Waals surface area contributed by atoms with E-state index in [2.05, 4.69) is 31.0 Å². The van der Waals surface area contributed by atoms with Crippen molar-refractivity contribution in [2.24, 2.45) is 0 Å². The maximum Gasteiger partial charge on any atom is 0.253 e. The first-order valence-electron chi connectivity index (χ1n) is 20.9. The van der Waals surface area contributed by atoms with E-state index in [0.29, 0.717) is 103 Å². The van der Waals surface area contributed by atoms with Gasteiger partial charge in [0.15, 0.2) is 11.6 Å². The van der Waals surface area contributed by atoms with Gasteiger partial charge in [-0.1, -0.05) is 0 Å². The fourth-order valence-electron chi connectivity index (χ4n) is 5.63. The second-order valence-electron chi connectivity index (χ2n) is 13.9. The standard InChI is InChI=1S/C42H61N7O13/c1-32-45-47-42(48-46-32)33-8-11-35(12-9-33)62-21-4-3-6-34(50)10-13-36(37(51)7-5-20-57-25-24-56-2)44-39(53)17-22-58-26-28-60-30-31-61-29-27-59-23-18-43-38(52)16-19-49-40(54)14-15-41(49)55/h8-9,11-12,14-15,36H,3-7,10,13,16-31H2,1-2H3,(H,43,52)(H,44,53). The molecule has 2 heterocycles. The molecular formula is C42H61N7O13. The van der Waals surface area contributed by atoms with Gasteiger partial charge in [0.2, 0.25) is 17.6 Å². The lowest BCUT2D eigenvalue weighted by Gasteiger charge is -2.18. The molecule has 0 bridgehead atoms. The molecule has 0 saturated heterocycles. The van der Waals surface area contributed by atoms with E-state index in [1.54, 1.807) is 14.0 Å². The lowest BCUT2D eigenvalue weighted by Crippen LogP contribution is -2.41. The quantitative estimate of drug-likeness (QED) is 0.0722. The molecule has 20 heteroatoms. The summed E-state index contributed by atoms with van der Waals surface area (Å²) in [6.07, 6.45) is 5.11. The first-order chi connectivity index (χ1) is 30.2. The summed E-state index contributed by atoms with van der Waals surface area (Å²) in [5, 5.41) is 21.4. The molecule has 2 aromatic rings. The number of carbonyl (C=O) groups excluding carboxylic acids is 6. The van der Waals surface area contributed by atoms with Crippen LogP contribution in [0.2, 0.25) is 0 Å². The van der Waals surface area contributed by atoms with Gasteiger partial charge in [0.1, 0.15) is 11.5 Å². The molecule has 62 heavy (non-hydrogen) atoms. The highest BCUT2D eigenvalue weighted by atomic mass is 16.6. The van der Waals surface area contributed by atoms with E-state index >= 15 is 0 Å². The Labute approximate surface area is 362 Å². The number of unbranched alkanes of at least 4 members (excludes halogenated alkanes) is 1. The second kappa shape index (κ2) is 31.7. The highest BCUT2D eigenvalue weighted by Gasteiger charge is 2.24. The molecule has 20 nitrogen and oxygen atoms in total. The van der Waals surface area contributed by atoms with E-state index in [4.69, 9.17) is 33.2 Å². The zero-order valence-electron chi connectivity index (χ0n) is 35.8. The van der Waals surface area contributed by atoms with E-state index in [1.165, 1.54) is 12.2 Å². The summed E-state index contributed by atoms with van der Waals surface area (Å²) in [5.41, 5.74) is 0.770. The Morgan fingerprint density at radius 1 is 0.629 bits per heavy atom. The van der Waals surface area contributed by atoms with Crippen LogP contribution in [0.5, 0.6) is 5.75 Å². The van der Waals surface area contributed by atoms with Gasteiger partial charge in [-0.15, -0.1) is 20.4 Å². The molecule has 1 aliphatic heterocycles. The predicted octanol–water partition coefficient (Wildman–Crippen LogP) is 1.53. The summed E-state index contributed by atoms with van der Waals surface area (Å²) < 4.78 is 38.1. The average Bonchev–Trinajstić information content (AvgIpc) is 3.59. The summed E-state index contributed by atoms with van der Waals surface area (Å²) in [5.74, 6) is -0.0175. The van der Waals surface area contributed by atoms with Gasteiger partial charge in [-0.25, -0.2) is 0 Å². The molecule has 0 saturated carbocycles. The van der Waals surface area contributed by atoms with E-state index in [0.717, 1.165) is 10.5 Å². The van der Waals surface area contributed by atoms with Crippen LogP contribution in [0.1, 0.15) is 63.6 Å². The summed E-state index contributed by atoms with van der Waals surface area (Å²) in [4.78, 5) is 74.5. The van der Waals surface area contributed by atoms with Crippen LogP contribution in [0.4, 0.5) is 0 Å². The van der Waals surface area contributed by atoms with Crippen molar-refractivity contribution in [3.8, 4) is 17.1 Å². The summed E-state index contributed by atoms with van der Waals surface area (Å²) >= 11 is 0. The van der Waals surface area contributed by atoms with E-state index in [-0.39, 0.29) is 88.4 Å². The SMILES string of the molecule is COCCOCCCC(=O)C(CCC(=O)CCCCOc1ccc(-c2nnc(C)nn2)cc1)NC(=O)CCOCCOCCOCCOCCNC(=O)CCN1C(=O)C=CC1=O. The number of aryl methyl sites for hydroxylation is 1. The fourth-order valence-corrected chi connectivity index (χ4v) is 5.63. The number of amides is 4. The molecule has 0 spiro atoms. The van der Waals surface area contributed by atoms with Crippen molar-refractivity contribution >= 4 is 35.2 Å². The number of ether oxygens (including phenoxy) is 7. The number of hydrogen-bond acceptors (Lipinski definition) is 17. The van der Waals surface area contributed by atoms with Crippen LogP contribution in [-0.4, -0.2) is 166 Å². The number of hydrogen-bond donors (Lipinski definition) is 2. The average molecular weight is 872 g/mol. The Morgan fingerprint density at radius 3 is 1.90 bits per heavy atom. The number of nitrogens with one attached hydrogen (secondary N) is 2. The van der Waals surface area contributed by atoms with Crippen molar-refractivity contribution < 1.29 is 61.9 Å². The minimum absolute atomic E-state index is 0.00866. The Kier molecular flexibility index (Phi) is 26.2. The summed E-state index contributed by atoms with van der Waals surface area (Å²) in [7, 11) is 1.58. The summed E-state index contributed by atoms with van der Waals surface area (Å²) in [6.45, 7) is 6.05. The number of benzene rings is 1. The molecule has 0 fully saturated rings. The van der Waals surface area contributed by atoms with Crippen LogP contribution in [0.25, 0.3) is 11.4 Å². The van der Waals surface area contributed by atoms with Gasteiger partial charge >= 0.3 is 0 Å². The van der Waals surface area contributed by atoms with Crippen LogP contribution in [-0.2, 0) is 57.2 Å². The first-order valence-corrected chi connectivity index (χ1v) is 20.9. The number of aromatic nitrogens is 4. The van der Waals surface area contributed by atoms with Crippen molar-refractivity contribution in [3.63, 3.8) is 0 Å². The van der Waals surface area contributed by atoms with Gasteiger partial charge in [-0.2, -0.15) is 0 Å². The van der Waals surface area contributed by atoms with Crippen LogP contribution >= 0.6 is 0 Å². The zero-order valence-corrected chi connectivity index (χ0v) is 35.8. The number of methoxy groups -OCH3 is 1. The van der Waals surface area contributed by atoms with Gasteiger partial charge in [-0.05, 0) is 56.9 Å². The maximum atomic E-state index is 13.1. The highest BCUT2D eigenvalue weighted by molar-refractivity contribution is 6.13. The Hall–Kier alpha value is -5.12. The largest absolute Gasteiger partial charge is 0.494 e. The lowest BCUT2D eigenvalue weighted by atomic mass is 9.99. The molecule has 1 unspecified atom stereocenters. The molecule has 0 radical (unpaired) electrons. The van der Waals surface area contributed by atoms with Crippen molar-refractivity contribution in [2.45, 2.75) is 70.8 Å². The van der Waals surface area contributed by atoms with Gasteiger partial charge < -0.3 is 43.8 Å². The molecule has 1 aromatic carbocycles. The molecule has 3 rings (SSSR count). The molecular weight excluding hydrogens is 810 g/mol. The smallest absolute Gasteiger partial charge is 0.253 e. The molecule has 0 aliphatic carbocycles. The second-order valence-corrected chi connectivity index (χ2v) is 13.9. The van der Waals surface area contributed by atoms with Gasteiger partial charge in [0, 0.05) is 76.6 Å². The maximum absolute atomic E-state index is 13.1. The Morgan fingerprint density at radius 2 is 1.24 bits per heavy atom. The van der Waals surface area contributed by atoms with Crippen molar-refractivity contribution in [1.29, 1.82) is 0 Å². The van der Waals surface area contributed by atoms with E-state index in [9.17, 15) is 28.8 Å². The third kappa shape index (κ3) is 22.6. The first kappa shape index (κ1) is 51.2. The number of rotatable bonds is 37. The number of imide groups is 1. The summed E-state index contributed by atoms with van der Waals surface area (Å²) in [6, 6.07) is 6.49. The Bertz CT molecular complexity index is 1660. The van der Waals surface area contributed by atoms with Crippen LogP contribution < -0.4 is 15.4 Å². The number of ketones is 2. The number of Topliss-reactive ketones (excluding diaryl/α,β-unsaturated/α-hetero) is 2. The van der Waals surface area contributed by atoms with Crippen LogP contribution in [0, 0.1) is 6.92 Å². The van der Waals surface area contributed by atoms with Crippen molar-refractivity contribution in [3.05, 3.63) is 42.2 Å². The molecule has 342 valence electrons.